The fourth-order valence-corrected chi connectivity index (χ4v) is 13.8. The average Bonchev–Trinajstić information content (AvgIpc) is 3.36. The van der Waals surface area contributed by atoms with Gasteiger partial charge < -0.3 is 4.57 Å². The molecule has 4 saturated carbocycles. The first kappa shape index (κ1) is 40.7. The van der Waals surface area contributed by atoms with Gasteiger partial charge in [0.2, 0.25) is 0 Å². The lowest BCUT2D eigenvalue weighted by Crippen LogP contribution is -2.56. The predicted octanol–water partition coefficient (Wildman–Crippen LogP) is 15.0. The van der Waals surface area contributed by atoms with Gasteiger partial charge in [-0.05, 0) is 130 Å². The molecule has 4 nitrogen and oxygen atoms in total. The number of hydrogen-bond acceptors (Lipinski definition) is 4. The van der Waals surface area contributed by atoms with Gasteiger partial charge >= 0.3 is 0 Å². The number of hydrogen-bond donors (Lipinski definition) is 0. The molecule has 0 atom stereocenters. The summed E-state index contributed by atoms with van der Waals surface area (Å²) < 4.78 is 13.3. The smallest absolute Gasteiger partial charge is 0.164 e. The summed E-state index contributed by atoms with van der Waals surface area (Å²) in [4.78, 5) is 15.8. The second-order valence-electron chi connectivity index (χ2n) is 19.5. The predicted molar refractivity (Wildman–Crippen MR) is 273 cm³/mol. The van der Waals surface area contributed by atoms with Crippen LogP contribution in [0.15, 0.2) is 194 Å². The highest BCUT2D eigenvalue weighted by molar-refractivity contribution is 7.70. The highest BCUT2D eigenvalue weighted by Gasteiger charge is 2.58. The van der Waals surface area contributed by atoms with Crippen LogP contribution >= 0.6 is 7.14 Å². The van der Waals surface area contributed by atoms with Crippen molar-refractivity contribution in [2.75, 3.05) is 13.3 Å². The SMILES string of the molecule is CP(C)(=O)c1ccc(-c2ccc(C3(c4ccc(-c5nc(-c6cccc(-c7ccccc7)c6)nc(-c6ccccc6-c6ccccc6)n5)cc4)C4CC5CC(C4)CC3C5)cc2)c2ccccc12. The number of rotatable bonds is 9. The molecule has 0 saturated heterocycles. The molecule has 66 heavy (non-hydrogen) atoms. The molecule has 0 N–H and O–H groups in total. The number of fused-ring (bicyclic) bond motifs is 1. The van der Waals surface area contributed by atoms with Crippen molar-refractivity contribution in [2.45, 2.75) is 37.5 Å². The molecular weight excluding hydrogens is 822 g/mol. The van der Waals surface area contributed by atoms with E-state index in [1.54, 1.807) is 0 Å². The maximum absolute atomic E-state index is 13.3. The maximum atomic E-state index is 13.3. The van der Waals surface area contributed by atoms with Crippen LogP contribution in [0.2, 0.25) is 0 Å². The van der Waals surface area contributed by atoms with Gasteiger partial charge in [-0.25, -0.2) is 15.0 Å². The molecule has 13 rings (SSSR count). The summed E-state index contributed by atoms with van der Waals surface area (Å²) in [5.41, 5.74) is 12.5. The van der Waals surface area contributed by atoms with Gasteiger partial charge in [-0.3, -0.25) is 0 Å². The minimum Gasteiger partial charge on any atom is -0.319 e. The van der Waals surface area contributed by atoms with E-state index in [9.17, 15) is 4.57 Å². The lowest BCUT2D eigenvalue weighted by Gasteiger charge is -2.62. The fourth-order valence-electron chi connectivity index (χ4n) is 12.6. The molecule has 4 bridgehead atoms. The van der Waals surface area contributed by atoms with Crippen LogP contribution in [-0.2, 0) is 9.98 Å². The van der Waals surface area contributed by atoms with Crippen LogP contribution in [0.5, 0.6) is 0 Å². The van der Waals surface area contributed by atoms with Gasteiger partial charge in [0.25, 0.3) is 0 Å². The normalized spacial score (nSPS) is 21.0. The Balaban J connectivity index is 0.967. The van der Waals surface area contributed by atoms with Crippen LogP contribution in [0.1, 0.15) is 43.2 Å². The topological polar surface area (TPSA) is 55.7 Å². The zero-order valence-electron chi connectivity index (χ0n) is 37.5. The van der Waals surface area contributed by atoms with E-state index in [1.807, 2.05) is 13.3 Å². The van der Waals surface area contributed by atoms with E-state index in [2.05, 4.69) is 194 Å². The minimum atomic E-state index is -2.45. The minimum absolute atomic E-state index is 0.0740. The zero-order chi connectivity index (χ0) is 44.4. The molecule has 5 heteroatoms. The molecule has 9 aromatic rings. The molecule has 0 spiro atoms. The van der Waals surface area contributed by atoms with E-state index in [4.69, 9.17) is 15.0 Å². The second kappa shape index (κ2) is 16.3. The summed E-state index contributed by atoms with van der Waals surface area (Å²) in [6.45, 7) is 3.74. The number of aromatic nitrogens is 3. The molecule has 4 aliphatic rings. The van der Waals surface area contributed by atoms with E-state index >= 15 is 0 Å². The van der Waals surface area contributed by atoms with Gasteiger partial charge in [0.15, 0.2) is 17.5 Å². The molecule has 0 radical (unpaired) electrons. The van der Waals surface area contributed by atoms with Crippen molar-refractivity contribution in [1.29, 1.82) is 0 Å². The molecular formula is C61H52N3OP. The first-order chi connectivity index (χ1) is 32.3. The van der Waals surface area contributed by atoms with Gasteiger partial charge in [0.05, 0.1) is 0 Å². The van der Waals surface area contributed by atoms with E-state index in [0.717, 1.165) is 66.9 Å². The Hall–Kier alpha value is -6.74. The lowest BCUT2D eigenvalue weighted by atomic mass is 9.42. The van der Waals surface area contributed by atoms with Crippen molar-refractivity contribution in [3.63, 3.8) is 0 Å². The molecule has 0 aliphatic heterocycles. The Bertz CT molecular complexity index is 3280. The molecule has 0 amide bonds. The number of benzene rings is 8. The standard InChI is InChI=1S/C61H52N3OP/c1-66(2,65)57-33-32-53(54-21-10-11-22-55(54)57)44-24-28-48(29-25-44)61(50-35-40-34-41(37-50)38-51(61)36-40)49-30-26-45(27-31-49)58-62-59(47-19-13-18-46(39-47)42-14-5-3-6-15-42)64-60(63-58)56-23-12-9-20-52(56)43-16-7-4-8-17-43/h3-33,39-41,50-51H,34-38H2,1-2H3. The monoisotopic (exact) mass is 873 g/mol. The molecule has 0 unspecified atom stereocenters. The summed E-state index contributed by atoms with van der Waals surface area (Å²) in [5, 5.41) is 3.19. The van der Waals surface area contributed by atoms with E-state index in [1.165, 1.54) is 54.4 Å². The molecule has 1 aromatic heterocycles. The summed E-state index contributed by atoms with van der Waals surface area (Å²) in [7, 11) is -2.45. The second-order valence-corrected chi connectivity index (χ2v) is 22.7. The molecule has 4 fully saturated rings. The Morgan fingerprint density at radius 2 is 0.879 bits per heavy atom. The molecule has 322 valence electrons. The fraction of sp³-hybridized carbons (Fsp3) is 0.197. The van der Waals surface area contributed by atoms with Crippen molar-refractivity contribution in [3.05, 3.63) is 205 Å². The van der Waals surface area contributed by atoms with Crippen molar-refractivity contribution < 1.29 is 4.57 Å². The van der Waals surface area contributed by atoms with Crippen molar-refractivity contribution >= 4 is 23.2 Å². The van der Waals surface area contributed by atoms with Crippen LogP contribution in [0.3, 0.4) is 0 Å². The first-order valence-corrected chi connectivity index (χ1v) is 26.3. The van der Waals surface area contributed by atoms with E-state index in [-0.39, 0.29) is 5.41 Å². The highest BCUT2D eigenvalue weighted by atomic mass is 31.2. The Morgan fingerprint density at radius 1 is 0.394 bits per heavy atom. The third-order valence-corrected chi connectivity index (χ3v) is 16.9. The summed E-state index contributed by atoms with van der Waals surface area (Å²) in [5.74, 6) is 4.82. The summed E-state index contributed by atoms with van der Waals surface area (Å²) in [6, 6.07) is 69.7. The van der Waals surface area contributed by atoms with Gasteiger partial charge in [-0.1, -0.05) is 188 Å². The van der Waals surface area contributed by atoms with Crippen molar-refractivity contribution in [3.8, 4) is 67.5 Å². The average molecular weight is 874 g/mol. The van der Waals surface area contributed by atoms with Gasteiger partial charge in [0, 0.05) is 27.4 Å². The summed E-state index contributed by atoms with van der Waals surface area (Å²) in [6.07, 6.45) is 6.57. The maximum Gasteiger partial charge on any atom is 0.164 e. The first-order valence-electron chi connectivity index (χ1n) is 23.7. The van der Waals surface area contributed by atoms with Crippen LogP contribution in [0, 0.1) is 23.7 Å². The molecule has 1 heterocycles. The zero-order valence-corrected chi connectivity index (χ0v) is 38.4. The third-order valence-electron chi connectivity index (χ3n) is 15.3. The Morgan fingerprint density at radius 3 is 1.52 bits per heavy atom. The molecule has 8 aromatic carbocycles. The van der Waals surface area contributed by atoms with E-state index in [0.29, 0.717) is 29.3 Å². The quantitative estimate of drug-likeness (QED) is 0.136. The Kier molecular flexibility index (Phi) is 10.1. The summed E-state index contributed by atoms with van der Waals surface area (Å²) >= 11 is 0. The Labute approximate surface area is 388 Å². The van der Waals surface area contributed by atoms with E-state index < -0.39 is 7.14 Å². The van der Waals surface area contributed by atoms with Gasteiger partial charge in [-0.15, -0.1) is 0 Å². The van der Waals surface area contributed by atoms with Crippen molar-refractivity contribution in [1.82, 2.24) is 15.0 Å². The van der Waals surface area contributed by atoms with Crippen LogP contribution in [0.4, 0.5) is 0 Å². The van der Waals surface area contributed by atoms with Crippen LogP contribution in [0.25, 0.3) is 78.3 Å². The van der Waals surface area contributed by atoms with Gasteiger partial charge in [-0.2, -0.15) is 0 Å². The highest BCUT2D eigenvalue weighted by Crippen LogP contribution is 2.65. The van der Waals surface area contributed by atoms with Crippen LogP contribution < -0.4 is 5.30 Å². The van der Waals surface area contributed by atoms with Crippen molar-refractivity contribution in [2.24, 2.45) is 23.7 Å². The number of nitrogens with zero attached hydrogens (tertiary/aromatic N) is 3. The molecule has 4 aliphatic carbocycles. The lowest BCUT2D eigenvalue weighted by molar-refractivity contribution is -0.0418. The van der Waals surface area contributed by atoms with Crippen LogP contribution in [-0.4, -0.2) is 28.3 Å². The largest absolute Gasteiger partial charge is 0.319 e. The van der Waals surface area contributed by atoms with Gasteiger partial charge in [0.1, 0.15) is 7.14 Å². The third kappa shape index (κ3) is 7.06.